The smallest absolute Gasteiger partial charge is 0.410 e. The number of amides is 5. The summed E-state index contributed by atoms with van der Waals surface area (Å²) >= 11 is 6.77. The Morgan fingerprint density at radius 3 is 2.43 bits per heavy atom. The fourth-order valence-electron chi connectivity index (χ4n) is 7.66. The second-order valence-electron chi connectivity index (χ2n) is 15.7. The van der Waals surface area contributed by atoms with E-state index in [1.807, 2.05) is 25.1 Å². The zero-order valence-electron chi connectivity index (χ0n) is 30.9. The predicted molar refractivity (Wildman–Crippen MR) is 200 cm³/mol. The summed E-state index contributed by atoms with van der Waals surface area (Å²) in [6.45, 7) is 7.70. The Bertz CT molecular complexity index is 1910. The van der Waals surface area contributed by atoms with Crippen LogP contribution in [-0.4, -0.2) is 84.0 Å². The van der Waals surface area contributed by atoms with Crippen molar-refractivity contribution in [3.05, 3.63) is 51.4 Å². The Morgan fingerprint density at radius 2 is 1.74 bits per heavy atom. The van der Waals surface area contributed by atoms with Crippen molar-refractivity contribution in [2.45, 2.75) is 132 Å². The Hall–Kier alpha value is -3.89. The zero-order chi connectivity index (χ0) is 39.0. The van der Waals surface area contributed by atoms with Crippen molar-refractivity contribution in [3.63, 3.8) is 0 Å². The van der Waals surface area contributed by atoms with Gasteiger partial charge in [0.1, 0.15) is 33.5 Å². The number of halogens is 1. The lowest BCUT2D eigenvalue weighted by Crippen LogP contribution is -2.58. The molecule has 1 aromatic carbocycles. The third-order valence-electron chi connectivity index (χ3n) is 10.5. The summed E-state index contributed by atoms with van der Waals surface area (Å²) in [6, 6.07) is 6.35. The first-order valence-electron chi connectivity index (χ1n) is 18.4. The maximum Gasteiger partial charge on any atom is 0.410 e. The van der Waals surface area contributed by atoms with Crippen LogP contribution in [0.1, 0.15) is 95.2 Å². The molecule has 4 heterocycles. The molecule has 3 fully saturated rings. The summed E-state index contributed by atoms with van der Waals surface area (Å²) in [5.41, 5.74) is 0.759. The normalized spacial score (nSPS) is 26.3. The van der Waals surface area contributed by atoms with Crippen molar-refractivity contribution in [2.75, 3.05) is 6.54 Å². The molecule has 0 spiro atoms. The van der Waals surface area contributed by atoms with Crippen LogP contribution >= 0.6 is 22.9 Å². The lowest BCUT2D eigenvalue weighted by atomic mass is 10.0. The van der Waals surface area contributed by atoms with Gasteiger partial charge < -0.3 is 25.0 Å². The van der Waals surface area contributed by atoms with Gasteiger partial charge in [-0.15, -0.1) is 11.3 Å². The lowest BCUT2D eigenvalue weighted by Gasteiger charge is -2.30. The number of sulfonamides is 1. The average molecular weight is 806 g/mol. The van der Waals surface area contributed by atoms with E-state index in [-0.39, 0.29) is 33.8 Å². The van der Waals surface area contributed by atoms with Gasteiger partial charge in [-0.2, -0.15) is 0 Å². The summed E-state index contributed by atoms with van der Waals surface area (Å²) < 4.78 is 40.0. The Balaban J connectivity index is 1.26. The quantitative estimate of drug-likeness (QED) is 0.369. The van der Waals surface area contributed by atoms with Crippen LogP contribution in [0, 0.1) is 12.8 Å². The molecule has 1 aliphatic carbocycles. The number of aryl methyl sites for hydroxylation is 1. The SMILES string of the molecule is Cc1cccc2c1CN(C(=O)O[C@@H]1C[C@H]3C(=O)N[C@]4(C(=O)NS(=O)(=O)c5ccc(Cl)s5)C[C@H]4CCCCCCC[C@H](NC(=O)OC(C)(C)C)C(=O)N3C1)C2. The van der Waals surface area contributed by atoms with Crippen LogP contribution in [0.4, 0.5) is 9.59 Å². The minimum absolute atomic E-state index is 0.0728. The highest BCUT2D eigenvalue weighted by Crippen LogP contribution is 2.48. The molecule has 0 unspecified atom stereocenters. The van der Waals surface area contributed by atoms with Gasteiger partial charge in [-0.25, -0.2) is 22.7 Å². The first kappa shape index (κ1) is 39.8. The van der Waals surface area contributed by atoms with Gasteiger partial charge in [0, 0.05) is 19.5 Å². The summed E-state index contributed by atoms with van der Waals surface area (Å²) in [5, 5.41) is 5.55. The molecule has 4 aliphatic rings. The number of fused-ring (bicyclic) bond motifs is 3. The molecular formula is C37H48ClN5O9S2. The van der Waals surface area contributed by atoms with Crippen LogP contribution in [0.5, 0.6) is 0 Å². The third kappa shape index (κ3) is 8.97. The van der Waals surface area contributed by atoms with Crippen molar-refractivity contribution in [1.29, 1.82) is 0 Å². The number of nitrogens with one attached hydrogen (secondary N) is 3. The fraction of sp³-hybridized carbons (Fsp3) is 0.595. The Morgan fingerprint density at radius 1 is 1.02 bits per heavy atom. The molecule has 294 valence electrons. The van der Waals surface area contributed by atoms with Gasteiger partial charge in [-0.1, -0.05) is 61.9 Å². The zero-order valence-corrected chi connectivity index (χ0v) is 33.3. The number of nitrogens with zero attached hydrogens (tertiary/aromatic N) is 2. The van der Waals surface area contributed by atoms with E-state index in [9.17, 15) is 32.4 Å². The molecule has 17 heteroatoms. The molecule has 2 saturated heterocycles. The maximum absolute atomic E-state index is 14.4. The van der Waals surface area contributed by atoms with Crippen molar-refractivity contribution < 1.29 is 41.9 Å². The van der Waals surface area contributed by atoms with Crippen LogP contribution in [0.3, 0.4) is 0 Å². The number of hydrogen-bond acceptors (Lipinski definition) is 10. The molecule has 5 amide bonds. The van der Waals surface area contributed by atoms with E-state index in [0.717, 1.165) is 53.7 Å². The van der Waals surface area contributed by atoms with Gasteiger partial charge >= 0.3 is 12.2 Å². The van der Waals surface area contributed by atoms with Crippen molar-refractivity contribution in [1.82, 2.24) is 25.2 Å². The molecule has 54 heavy (non-hydrogen) atoms. The second-order valence-corrected chi connectivity index (χ2v) is 19.3. The summed E-state index contributed by atoms with van der Waals surface area (Å²) in [7, 11) is -4.29. The molecule has 1 saturated carbocycles. The molecule has 0 radical (unpaired) electrons. The highest BCUT2D eigenvalue weighted by atomic mass is 35.5. The van der Waals surface area contributed by atoms with E-state index in [0.29, 0.717) is 32.4 Å². The number of hydrogen-bond donors (Lipinski definition) is 3. The van der Waals surface area contributed by atoms with E-state index in [1.165, 1.54) is 17.0 Å². The van der Waals surface area contributed by atoms with Gasteiger partial charge in [0.2, 0.25) is 11.8 Å². The van der Waals surface area contributed by atoms with Crippen LogP contribution < -0.4 is 15.4 Å². The first-order chi connectivity index (χ1) is 25.5. The summed E-state index contributed by atoms with van der Waals surface area (Å²) in [6.07, 6.45) is 2.55. The molecule has 3 aliphatic heterocycles. The number of thiophene rings is 1. The predicted octanol–water partition coefficient (Wildman–Crippen LogP) is 5.15. The van der Waals surface area contributed by atoms with Gasteiger partial charge in [0.25, 0.3) is 15.9 Å². The minimum atomic E-state index is -4.29. The topological polar surface area (TPSA) is 181 Å². The lowest BCUT2D eigenvalue weighted by molar-refractivity contribution is -0.141. The maximum atomic E-state index is 14.4. The molecule has 1 aromatic heterocycles. The van der Waals surface area contributed by atoms with Crippen molar-refractivity contribution in [2.24, 2.45) is 5.92 Å². The van der Waals surface area contributed by atoms with Crippen molar-refractivity contribution in [3.8, 4) is 0 Å². The second kappa shape index (κ2) is 15.7. The molecular weight excluding hydrogens is 758 g/mol. The largest absolute Gasteiger partial charge is 0.444 e. The fourth-order valence-corrected chi connectivity index (χ4v) is 10.2. The molecule has 5 atom stereocenters. The number of carbonyl (C=O) groups excluding carboxylic acids is 5. The molecule has 3 N–H and O–H groups in total. The van der Waals surface area contributed by atoms with E-state index in [4.69, 9.17) is 21.1 Å². The van der Waals surface area contributed by atoms with E-state index >= 15 is 0 Å². The van der Waals surface area contributed by atoms with Crippen molar-refractivity contribution >= 4 is 62.9 Å². The number of rotatable bonds is 5. The number of ether oxygens (including phenoxy) is 2. The number of alkyl carbamates (subject to hydrolysis) is 1. The van der Waals surface area contributed by atoms with E-state index in [2.05, 4.69) is 15.4 Å². The van der Waals surface area contributed by atoms with Gasteiger partial charge in [0.15, 0.2) is 0 Å². The monoisotopic (exact) mass is 805 g/mol. The summed E-state index contributed by atoms with van der Waals surface area (Å²) in [4.78, 5) is 71.9. The summed E-state index contributed by atoms with van der Waals surface area (Å²) in [5.74, 6) is -2.45. The number of carbonyl (C=O) groups is 5. The minimum Gasteiger partial charge on any atom is -0.444 e. The van der Waals surface area contributed by atoms with Crippen LogP contribution in [0.2, 0.25) is 4.34 Å². The Labute approximate surface area is 324 Å². The third-order valence-corrected chi connectivity index (χ3v) is 13.6. The van der Waals surface area contributed by atoms with Crippen LogP contribution in [0.15, 0.2) is 34.5 Å². The van der Waals surface area contributed by atoms with Gasteiger partial charge in [-0.3, -0.25) is 19.3 Å². The highest BCUT2D eigenvalue weighted by molar-refractivity contribution is 7.92. The molecule has 0 bridgehead atoms. The van der Waals surface area contributed by atoms with Gasteiger partial charge in [-0.05, 0) is 81.7 Å². The van der Waals surface area contributed by atoms with Crippen LogP contribution in [-0.2, 0) is 47.0 Å². The highest BCUT2D eigenvalue weighted by Gasteiger charge is 2.62. The standard InChI is InChI=1S/C37H48ClN5O9S2/c1-22-11-10-12-23-19-42(21-26(22)23)35(48)51-25-17-28-31(44)40-37(33(46)41-54(49,50)30-16-15-29(38)53-30)18-24(37)13-8-6-5-7-9-14-27(32(45)43(28)20-25)39-34(47)52-36(2,3)4/h10-12,15-16,24-25,27-28H,5-9,13-14,17-21H2,1-4H3,(H,39,47)(H,40,44)(H,41,46)/t24-,25-,27+,28+,37-/m1/s1. The average Bonchev–Trinajstić information content (AvgIpc) is 3.46. The molecule has 14 nitrogen and oxygen atoms in total. The van der Waals surface area contributed by atoms with E-state index in [1.54, 1.807) is 25.7 Å². The van der Waals surface area contributed by atoms with Crippen LogP contribution in [0.25, 0.3) is 0 Å². The Kier molecular flexibility index (Phi) is 11.6. The molecule has 6 rings (SSSR count). The first-order valence-corrected chi connectivity index (χ1v) is 21.1. The van der Waals surface area contributed by atoms with E-state index < -0.39 is 69.3 Å². The van der Waals surface area contributed by atoms with Gasteiger partial charge in [0.05, 0.1) is 10.9 Å². The molecule has 2 aromatic rings. The number of benzene rings is 1.